The number of amidine groups is 1. The summed E-state index contributed by atoms with van der Waals surface area (Å²) in [7, 11) is 0. The number of amides is 1. The molecule has 0 fully saturated rings. The predicted molar refractivity (Wildman–Crippen MR) is 115 cm³/mol. The molecule has 6 nitrogen and oxygen atoms in total. The van der Waals surface area contributed by atoms with E-state index in [2.05, 4.69) is 24.1 Å². The van der Waals surface area contributed by atoms with Crippen molar-refractivity contribution in [1.82, 2.24) is 15.2 Å². The van der Waals surface area contributed by atoms with Crippen LogP contribution in [-0.4, -0.2) is 47.3 Å². The van der Waals surface area contributed by atoms with Gasteiger partial charge in [-0.1, -0.05) is 0 Å². The van der Waals surface area contributed by atoms with Gasteiger partial charge in [0.15, 0.2) is 0 Å². The maximum absolute atomic E-state index is 11.9. The van der Waals surface area contributed by atoms with E-state index in [0.717, 1.165) is 42.8 Å². The lowest BCUT2D eigenvalue weighted by Crippen LogP contribution is -2.45. The zero-order valence-electron chi connectivity index (χ0n) is 15.7. The third-order valence-corrected chi connectivity index (χ3v) is 4.82. The minimum atomic E-state index is 0. The van der Waals surface area contributed by atoms with Gasteiger partial charge in [-0.25, -0.2) is 0 Å². The Bertz CT molecular complexity index is 716. The standard InChI is InChI=1S/C19H27N5O.HI/c1-13(2)22-17-7-10-23(14(3)25)12-16(17)19(20)24-9-4-5-15-6-8-21-11-18(15)24;/h6,8,11,13,20,22H,4-5,7,9-10,12H2,1-3H3;1H. The number of halogens is 1. The highest BCUT2D eigenvalue weighted by Crippen LogP contribution is 2.29. The molecule has 0 unspecified atom stereocenters. The molecule has 142 valence electrons. The summed E-state index contributed by atoms with van der Waals surface area (Å²) >= 11 is 0. The van der Waals surface area contributed by atoms with Crippen molar-refractivity contribution in [1.29, 1.82) is 5.41 Å². The van der Waals surface area contributed by atoms with Gasteiger partial charge in [-0.15, -0.1) is 24.0 Å². The number of hydrogen-bond acceptors (Lipinski definition) is 4. The largest absolute Gasteiger partial charge is 0.386 e. The van der Waals surface area contributed by atoms with Crippen molar-refractivity contribution in [3.63, 3.8) is 0 Å². The lowest BCUT2D eigenvalue weighted by atomic mass is 9.99. The highest BCUT2D eigenvalue weighted by Gasteiger charge is 2.29. The fourth-order valence-electron chi connectivity index (χ4n) is 3.57. The Morgan fingerprint density at radius 2 is 2.08 bits per heavy atom. The van der Waals surface area contributed by atoms with Crippen LogP contribution in [0.4, 0.5) is 5.69 Å². The van der Waals surface area contributed by atoms with Crippen molar-refractivity contribution in [3.05, 3.63) is 35.3 Å². The molecule has 0 radical (unpaired) electrons. The monoisotopic (exact) mass is 469 g/mol. The topological polar surface area (TPSA) is 72.3 Å². The molecule has 2 aliphatic heterocycles. The summed E-state index contributed by atoms with van der Waals surface area (Å²) in [5.41, 5.74) is 4.28. The number of hydrogen-bond donors (Lipinski definition) is 2. The first-order chi connectivity index (χ1) is 12.0. The SMILES string of the molecule is CC(=O)N1CCC(NC(C)C)=C(C(=N)N2CCCc3ccncc32)C1.I. The van der Waals surface area contributed by atoms with E-state index in [0.29, 0.717) is 25.0 Å². The zero-order chi connectivity index (χ0) is 18.0. The van der Waals surface area contributed by atoms with Crippen molar-refractivity contribution in [2.75, 3.05) is 24.5 Å². The fraction of sp³-hybridized carbons (Fsp3) is 0.526. The molecule has 1 aromatic heterocycles. The van der Waals surface area contributed by atoms with E-state index in [-0.39, 0.29) is 29.9 Å². The Labute approximate surface area is 172 Å². The van der Waals surface area contributed by atoms with Gasteiger partial charge < -0.3 is 15.1 Å². The zero-order valence-corrected chi connectivity index (χ0v) is 18.0. The Morgan fingerprint density at radius 1 is 1.31 bits per heavy atom. The maximum atomic E-state index is 11.9. The highest BCUT2D eigenvalue weighted by molar-refractivity contribution is 14.0. The minimum absolute atomic E-state index is 0. The number of anilines is 1. The van der Waals surface area contributed by atoms with E-state index in [1.807, 2.05) is 28.3 Å². The Balaban J connectivity index is 0.00000243. The number of nitrogens with one attached hydrogen (secondary N) is 2. The Hall–Kier alpha value is -1.64. The number of rotatable bonds is 3. The second-order valence-electron chi connectivity index (χ2n) is 7.05. The van der Waals surface area contributed by atoms with Crippen LogP contribution in [0.1, 0.15) is 39.2 Å². The number of aryl methyl sites for hydroxylation is 1. The molecule has 1 amide bonds. The first kappa shape index (κ1) is 20.7. The van der Waals surface area contributed by atoms with Crippen LogP contribution >= 0.6 is 24.0 Å². The number of carbonyl (C=O) groups excluding carboxylic acids is 1. The van der Waals surface area contributed by atoms with Gasteiger partial charge in [0.2, 0.25) is 5.91 Å². The van der Waals surface area contributed by atoms with Gasteiger partial charge in [0.1, 0.15) is 5.84 Å². The molecule has 0 saturated heterocycles. The molecule has 0 bridgehead atoms. The lowest BCUT2D eigenvalue weighted by molar-refractivity contribution is -0.128. The Kier molecular flexibility index (Phi) is 7.02. The number of carbonyl (C=O) groups is 1. The lowest BCUT2D eigenvalue weighted by Gasteiger charge is -2.37. The maximum Gasteiger partial charge on any atom is 0.219 e. The second kappa shape index (κ2) is 8.83. The van der Waals surface area contributed by atoms with E-state index in [4.69, 9.17) is 5.41 Å². The van der Waals surface area contributed by atoms with Gasteiger partial charge in [0.25, 0.3) is 0 Å². The smallest absolute Gasteiger partial charge is 0.219 e. The van der Waals surface area contributed by atoms with Crippen molar-refractivity contribution in [2.24, 2.45) is 0 Å². The molecule has 1 aromatic rings. The van der Waals surface area contributed by atoms with Crippen LogP contribution in [0.15, 0.2) is 29.7 Å². The van der Waals surface area contributed by atoms with Crippen molar-refractivity contribution >= 4 is 41.4 Å². The normalized spacial score (nSPS) is 16.9. The molecule has 0 aromatic carbocycles. The van der Waals surface area contributed by atoms with Gasteiger partial charge >= 0.3 is 0 Å². The summed E-state index contributed by atoms with van der Waals surface area (Å²) in [6, 6.07) is 2.34. The van der Waals surface area contributed by atoms with E-state index < -0.39 is 0 Å². The first-order valence-electron chi connectivity index (χ1n) is 9.00. The molecule has 0 spiro atoms. The van der Waals surface area contributed by atoms with E-state index >= 15 is 0 Å². The van der Waals surface area contributed by atoms with E-state index in [9.17, 15) is 4.79 Å². The van der Waals surface area contributed by atoms with Crippen LogP contribution in [0.5, 0.6) is 0 Å². The van der Waals surface area contributed by atoms with Crippen LogP contribution in [-0.2, 0) is 11.2 Å². The van der Waals surface area contributed by atoms with Crippen LogP contribution in [0.25, 0.3) is 0 Å². The van der Waals surface area contributed by atoms with Gasteiger partial charge in [-0.2, -0.15) is 0 Å². The Morgan fingerprint density at radius 3 is 2.77 bits per heavy atom. The molecule has 7 heteroatoms. The second-order valence-corrected chi connectivity index (χ2v) is 7.05. The quantitative estimate of drug-likeness (QED) is 0.406. The van der Waals surface area contributed by atoms with Crippen molar-refractivity contribution in [3.8, 4) is 0 Å². The number of aromatic nitrogens is 1. The van der Waals surface area contributed by atoms with Crippen molar-refractivity contribution < 1.29 is 4.79 Å². The van der Waals surface area contributed by atoms with Crippen molar-refractivity contribution in [2.45, 2.75) is 46.1 Å². The van der Waals surface area contributed by atoms with E-state index in [1.54, 1.807) is 6.92 Å². The third kappa shape index (κ3) is 4.36. The van der Waals surface area contributed by atoms with E-state index in [1.165, 1.54) is 5.56 Å². The van der Waals surface area contributed by atoms with Crippen LogP contribution < -0.4 is 10.2 Å². The summed E-state index contributed by atoms with van der Waals surface area (Å²) in [5, 5.41) is 12.4. The summed E-state index contributed by atoms with van der Waals surface area (Å²) in [6.45, 7) is 7.82. The molecule has 0 aliphatic carbocycles. The number of pyridine rings is 1. The molecule has 0 saturated carbocycles. The summed E-state index contributed by atoms with van der Waals surface area (Å²) < 4.78 is 0. The minimum Gasteiger partial charge on any atom is -0.386 e. The predicted octanol–water partition coefficient (Wildman–Crippen LogP) is 2.93. The summed E-state index contributed by atoms with van der Waals surface area (Å²) in [6.07, 6.45) is 6.48. The molecule has 0 atom stereocenters. The average molecular weight is 469 g/mol. The third-order valence-electron chi connectivity index (χ3n) is 4.82. The molecule has 3 rings (SSSR count). The number of nitrogens with zero attached hydrogens (tertiary/aromatic N) is 3. The van der Waals surface area contributed by atoms with Crippen LogP contribution in [0.3, 0.4) is 0 Å². The molecule has 26 heavy (non-hydrogen) atoms. The highest BCUT2D eigenvalue weighted by atomic mass is 127. The molecule has 3 heterocycles. The average Bonchev–Trinajstić information content (AvgIpc) is 2.60. The first-order valence-corrected chi connectivity index (χ1v) is 9.00. The van der Waals surface area contributed by atoms with Gasteiger partial charge in [-0.05, 0) is 38.3 Å². The molecular weight excluding hydrogens is 441 g/mol. The van der Waals surface area contributed by atoms with Gasteiger partial charge in [-0.3, -0.25) is 15.2 Å². The van der Waals surface area contributed by atoms with Gasteiger partial charge in [0, 0.05) is 49.9 Å². The number of fused-ring (bicyclic) bond motifs is 1. The van der Waals surface area contributed by atoms with Crippen LogP contribution in [0, 0.1) is 5.41 Å². The van der Waals surface area contributed by atoms with Gasteiger partial charge in [0.05, 0.1) is 18.4 Å². The fourth-order valence-corrected chi connectivity index (χ4v) is 3.57. The molecule has 2 aliphatic rings. The summed E-state index contributed by atoms with van der Waals surface area (Å²) in [5.74, 6) is 0.553. The molecular formula is C19H28IN5O. The van der Waals surface area contributed by atoms with Crippen LogP contribution in [0.2, 0.25) is 0 Å². The summed E-state index contributed by atoms with van der Waals surface area (Å²) in [4.78, 5) is 20.0. The molecule has 2 N–H and O–H groups in total.